The number of rotatable bonds is 4. The molecule has 0 bridgehead atoms. The standard InChI is InChI=1S/C14H30N2/c1-8-16(9-2)12(3)14(6)11-15(7)10-13(14,4)5/h12H,8-11H2,1-7H3. The fraction of sp³-hybridized carbons (Fsp3) is 1.00. The van der Waals surface area contributed by atoms with Crippen molar-refractivity contribution >= 4 is 0 Å². The molecule has 1 heterocycles. The van der Waals surface area contributed by atoms with Crippen LogP contribution in [0, 0.1) is 10.8 Å². The fourth-order valence-electron chi connectivity index (χ4n) is 3.56. The van der Waals surface area contributed by atoms with E-state index in [1.165, 1.54) is 13.1 Å². The van der Waals surface area contributed by atoms with Gasteiger partial charge in [0.15, 0.2) is 0 Å². The average Bonchev–Trinajstić information content (AvgIpc) is 2.38. The van der Waals surface area contributed by atoms with E-state index >= 15 is 0 Å². The molecule has 0 aromatic heterocycles. The van der Waals surface area contributed by atoms with E-state index in [1.807, 2.05) is 0 Å². The molecular formula is C14H30N2. The molecule has 1 aliphatic rings. The maximum atomic E-state index is 2.60. The molecule has 2 heteroatoms. The van der Waals surface area contributed by atoms with Crippen LogP contribution in [-0.2, 0) is 0 Å². The largest absolute Gasteiger partial charge is 0.305 e. The molecule has 0 aromatic rings. The summed E-state index contributed by atoms with van der Waals surface area (Å²) in [6.45, 7) is 19.0. The minimum absolute atomic E-state index is 0.397. The quantitative estimate of drug-likeness (QED) is 0.727. The Hall–Kier alpha value is -0.0800. The molecule has 0 aliphatic carbocycles. The molecule has 16 heavy (non-hydrogen) atoms. The van der Waals surface area contributed by atoms with Crippen molar-refractivity contribution in [2.75, 3.05) is 33.2 Å². The Bertz CT molecular complexity index is 233. The summed E-state index contributed by atoms with van der Waals surface area (Å²) in [6.07, 6.45) is 0. The van der Waals surface area contributed by atoms with E-state index in [4.69, 9.17) is 0 Å². The van der Waals surface area contributed by atoms with Crippen LogP contribution in [0.1, 0.15) is 41.5 Å². The number of hydrogen-bond acceptors (Lipinski definition) is 2. The van der Waals surface area contributed by atoms with E-state index < -0.39 is 0 Å². The van der Waals surface area contributed by atoms with E-state index in [-0.39, 0.29) is 0 Å². The highest BCUT2D eigenvalue weighted by molar-refractivity contribution is 5.04. The topological polar surface area (TPSA) is 6.48 Å². The molecule has 2 nitrogen and oxygen atoms in total. The Morgan fingerprint density at radius 3 is 1.94 bits per heavy atom. The smallest absolute Gasteiger partial charge is 0.0138 e. The predicted molar refractivity (Wildman–Crippen MR) is 71.8 cm³/mol. The van der Waals surface area contributed by atoms with Gasteiger partial charge in [0.05, 0.1) is 0 Å². The zero-order chi connectivity index (χ0) is 12.6. The molecular weight excluding hydrogens is 196 g/mol. The van der Waals surface area contributed by atoms with Crippen molar-refractivity contribution in [3.05, 3.63) is 0 Å². The highest BCUT2D eigenvalue weighted by Gasteiger charge is 2.51. The summed E-state index contributed by atoms with van der Waals surface area (Å²) in [5, 5.41) is 0. The normalized spacial score (nSPS) is 32.2. The molecule has 0 saturated carbocycles. The first-order valence-corrected chi connectivity index (χ1v) is 6.71. The maximum Gasteiger partial charge on any atom is 0.0138 e. The third-order valence-corrected chi connectivity index (χ3v) is 5.09. The first-order valence-electron chi connectivity index (χ1n) is 6.71. The lowest BCUT2D eigenvalue weighted by Crippen LogP contribution is -2.51. The van der Waals surface area contributed by atoms with Crippen LogP contribution in [0.4, 0.5) is 0 Å². The molecule has 96 valence electrons. The molecule has 0 N–H and O–H groups in total. The van der Waals surface area contributed by atoms with E-state index in [0.717, 1.165) is 13.1 Å². The Kier molecular flexibility index (Phi) is 4.07. The lowest BCUT2D eigenvalue weighted by molar-refractivity contribution is 0.0320. The Labute approximate surface area is 102 Å². The van der Waals surface area contributed by atoms with E-state index in [2.05, 4.69) is 58.4 Å². The van der Waals surface area contributed by atoms with Crippen LogP contribution in [0.15, 0.2) is 0 Å². The van der Waals surface area contributed by atoms with Crippen molar-refractivity contribution < 1.29 is 0 Å². The third-order valence-electron chi connectivity index (χ3n) is 5.09. The van der Waals surface area contributed by atoms with Gasteiger partial charge < -0.3 is 9.80 Å². The highest BCUT2D eigenvalue weighted by Crippen LogP contribution is 2.48. The summed E-state index contributed by atoms with van der Waals surface area (Å²) >= 11 is 0. The lowest BCUT2D eigenvalue weighted by atomic mass is 9.65. The van der Waals surface area contributed by atoms with Gasteiger partial charge in [-0.1, -0.05) is 34.6 Å². The molecule has 0 aromatic carbocycles. The van der Waals surface area contributed by atoms with Crippen LogP contribution in [-0.4, -0.2) is 49.1 Å². The summed E-state index contributed by atoms with van der Waals surface area (Å²) in [4.78, 5) is 5.08. The molecule has 2 atom stereocenters. The molecule has 1 aliphatic heterocycles. The van der Waals surface area contributed by atoms with E-state index in [0.29, 0.717) is 16.9 Å². The summed E-state index contributed by atoms with van der Waals surface area (Å²) in [6, 6.07) is 0.655. The van der Waals surface area contributed by atoms with Gasteiger partial charge in [0, 0.05) is 24.5 Å². The maximum absolute atomic E-state index is 2.60. The van der Waals surface area contributed by atoms with Crippen molar-refractivity contribution in [2.24, 2.45) is 10.8 Å². The zero-order valence-electron chi connectivity index (χ0n) is 12.3. The molecule has 0 radical (unpaired) electrons. The molecule has 1 rings (SSSR count). The zero-order valence-corrected chi connectivity index (χ0v) is 12.3. The lowest BCUT2D eigenvalue weighted by Gasteiger charge is -2.46. The highest BCUT2D eigenvalue weighted by atomic mass is 15.2. The van der Waals surface area contributed by atoms with Crippen LogP contribution in [0.25, 0.3) is 0 Å². The summed E-state index contributed by atoms with van der Waals surface area (Å²) in [7, 11) is 2.25. The van der Waals surface area contributed by atoms with Crippen LogP contribution in [0.5, 0.6) is 0 Å². The van der Waals surface area contributed by atoms with Gasteiger partial charge in [0.1, 0.15) is 0 Å². The minimum Gasteiger partial charge on any atom is -0.305 e. The first kappa shape index (κ1) is 14.0. The second-order valence-corrected chi connectivity index (χ2v) is 6.37. The molecule has 1 fully saturated rings. The van der Waals surface area contributed by atoms with Gasteiger partial charge in [-0.15, -0.1) is 0 Å². The fourth-order valence-corrected chi connectivity index (χ4v) is 3.56. The van der Waals surface area contributed by atoms with Gasteiger partial charge in [-0.05, 0) is 32.5 Å². The van der Waals surface area contributed by atoms with Crippen molar-refractivity contribution in [3.63, 3.8) is 0 Å². The van der Waals surface area contributed by atoms with Crippen LogP contribution < -0.4 is 0 Å². The minimum atomic E-state index is 0.397. The summed E-state index contributed by atoms with van der Waals surface area (Å²) < 4.78 is 0. The van der Waals surface area contributed by atoms with Crippen LogP contribution in [0.3, 0.4) is 0 Å². The van der Waals surface area contributed by atoms with Crippen molar-refractivity contribution in [3.8, 4) is 0 Å². The third kappa shape index (κ3) is 2.14. The van der Waals surface area contributed by atoms with Gasteiger partial charge in [0.25, 0.3) is 0 Å². The number of nitrogens with zero attached hydrogens (tertiary/aromatic N) is 2. The molecule has 0 amide bonds. The van der Waals surface area contributed by atoms with Gasteiger partial charge >= 0.3 is 0 Å². The van der Waals surface area contributed by atoms with E-state index in [1.54, 1.807) is 0 Å². The summed E-state index contributed by atoms with van der Waals surface area (Å²) in [5.41, 5.74) is 0.803. The van der Waals surface area contributed by atoms with Crippen LogP contribution in [0.2, 0.25) is 0 Å². The van der Waals surface area contributed by atoms with E-state index in [9.17, 15) is 0 Å². The van der Waals surface area contributed by atoms with Crippen molar-refractivity contribution in [1.82, 2.24) is 9.80 Å². The molecule has 1 saturated heterocycles. The van der Waals surface area contributed by atoms with Gasteiger partial charge in [-0.3, -0.25) is 0 Å². The average molecular weight is 226 g/mol. The van der Waals surface area contributed by atoms with Gasteiger partial charge in [0.2, 0.25) is 0 Å². The Morgan fingerprint density at radius 2 is 1.62 bits per heavy atom. The number of likely N-dealkylation sites (tertiary alicyclic amines) is 1. The van der Waals surface area contributed by atoms with Gasteiger partial charge in [-0.2, -0.15) is 0 Å². The second-order valence-electron chi connectivity index (χ2n) is 6.37. The monoisotopic (exact) mass is 226 g/mol. The molecule has 0 spiro atoms. The number of hydrogen-bond donors (Lipinski definition) is 0. The SMILES string of the molecule is CCN(CC)C(C)C1(C)CN(C)CC1(C)C. The summed E-state index contributed by atoms with van der Waals surface area (Å²) in [5.74, 6) is 0. The van der Waals surface area contributed by atoms with Crippen molar-refractivity contribution in [1.29, 1.82) is 0 Å². The second kappa shape index (κ2) is 4.66. The first-order chi connectivity index (χ1) is 7.28. The van der Waals surface area contributed by atoms with Crippen molar-refractivity contribution in [2.45, 2.75) is 47.6 Å². The Morgan fingerprint density at radius 1 is 1.12 bits per heavy atom. The van der Waals surface area contributed by atoms with Gasteiger partial charge in [-0.25, -0.2) is 0 Å². The predicted octanol–water partition coefficient (Wildman–Crippen LogP) is 2.69. The molecule has 2 unspecified atom stereocenters. The van der Waals surface area contributed by atoms with Crippen LogP contribution >= 0.6 is 0 Å². The Balaban J connectivity index is 2.91.